The Kier molecular flexibility index (Phi) is 58.9. The monoisotopic (exact) mass is 1120 g/mol. The predicted octanol–water partition coefficient (Wildman–Crippen LogP) is 21.7. The Bertz CT molecular complexity index is 1370. The van der Waals surface area contributed by atoms with Crippen LogP contribution in [0.4, 0.5) is 0 Å². The number of allylic oxidation sites excluding steroid dienone is 4. The molecule has 0 spiro atoms. The summed E-state index contributed by atoms with van der Waals surface area (Å²) < 4.78 is 34.7. The molecule has 0 saturated heterocycles. The third kappa shape index (κ3) is 63.7. The quantitative estimate of drug-likeness (QED) is 0.0211. The van der Waals surface area contributed by atoms with Gasteiger partial charge in [-0.15, -0.1) is 0 Å². The molecular weight excluding hydrogens is 990 g/mol. The summed E-state index contributed by atoms with van der Waals surface area (Å²) in [6.45, 7) is 4.50. The van der Waals surface area contributed by atoms with Crippen molar-refractivity contribution in [2.75, 3.05) is 47.5 Å². The topological polar surface area (TPSA) is 108 Å². The highest BCUT2D eigenvalue weighted by molar-refractivity contribution is 7.47. The van der Waals surface area contributed by atoms with Gasteiger partial charge < -0.3 is 18.9 Å². The molecule has 2 atom stereocenters. The Morgan fingerprint density at radius 2 is 0.654 bits per heavy atom. The number of rotatable bonds is 64. The lowest BCUT2D eigenvalue weighted by Gasteiger charge is -2.24. The van der Waals surface area contributed by atoms with Crippen LogP contribution >= 0.6 is 7.82 Å². The van der Waals surface area contributed by atoms with E-state index in [9.17, 15) is 19.0 Å². The van der Waals surface area contributed by atoms with Gasteiger partial charge in [-0.3, -0.25) is 18.6 Å². The number of ether oxygens (including phenoxy) is 2. The second kappa shape index (κ2) is 60.1. The van der Waals surface area contributed by atoms with Gasteiger partial charge in [0.1, 0.15) is 19.8 Å². The summed E-state index contributed by atoms with van der Waals surface area (Å²) in [4.78, 5) is 35.8. The minimum Gasteiger partial charge on any atom is -0.462 e. The third-order valence-corrected chi connectivity index (χ3v) is 16.4. The summed E-state index contributed by atoms with van der Waals surface area (Å²) in [5.41, 5.74) is 0. The first-order valence-corrected chi connectivity index (χ1v) is 35.6. The standard InChI is InChI=1S/C68H132NO8P/c1-6-8-10-12-14-16-18-20-22-24-26-28-30-32-34-36-38-40-42-44-46-48-50-52-54-56-58-60-67(70)74-64-66(65-76-78(72,73)75-63-62-69(3,4)5)77-68(71)61-59-57-55-53-51-49-47-45-43-41-39-37-35-33-31-29-27-25-23-21-19-17-15-13-11-9-7-2/h24-27,66H,6-23,28-65H2,1-5H3/p+1/b26-24-,27-25-. The second-order valence-electron chi connectivity index (χ2n) is 24.6. The van der Waals surface area contributed by atoms with Gasteiger partial charge in [-0.2, -0.15) is 0 Å². The molecule has 10 heteroatoms. The summed E-state index contributed by atoms with van der Waals surface area (Å²) in [5, 5.41) is 0. The van der Waals surface area contributed by atoms with E-state index >= 15 is 0 Å². The van der Waals surface area contributed by atoms with Crippen molar-refractivity contribution in [3.63, 3.8) is 0 Å². The third-order valence-electron chi connectivity index (χ3n) is 15.5. The summed E-state index contributed by atoms with van der Waals surface area (Å²) in [6, 6.07) is 0. The molecule has 0 aliphatic rings. The van der Waals surface area contributed by atoms with E-state index in [0.29, 0.717) is 23.9 Å². The van der Waals surface area contributed by atoms with Crippen LogP contribution in [0.15, 0.2) is 24.3 Å². The minimum atomic E-state index is -4.39. The molecule has 0 aliphatic carbocycles. The molecule has 0 bridgehead atoms. The van der Waals surface area contributed by atoms with Crippen molar-refractivity contribution in [2.24, 2.45) is 0 Å². The highest BCUT2D eigenvalue weighted by Gasteiger charge is 2.27. The fourth-order valence-electron chi connectivity index (χ4n) is 10.2. The number of carbonyl (C=O) groups excluding carboxylic acids is 2. The number of phosphoric acid groups is 1. The van der Waals surface area contributed by atoms with E-state index in [1.54, 1.807) is 0 Å². The Morgan fingerprint density at radius 1 is 0.385 bits per heavy atom. The maximum Gasteiger partial charge on any atom is 0.472 e. The average molecular weight is 1120 g/mol. The van der Waals surface area contributed by atoms with E-state index in [0.717, 1.165) is 32.1 Å². The van der Waals surface area contributed by atoms with Crippen LogP contribution in [0.3, 0.4) is 0 Å². The van der Waals surface area contributed by atoms with Crippen molar-refractivity contribution in [1.82, 2.24) is 0 Å². The fourth-order valence-corrected chi connectivity index (χ4v) is 10.9. The zero-order valence-corrected chi connectivity index (χ0v) is 53.6. The summed E-state index contributed by atoms with van der Waals surface area (Å²) in [7, 11) is 1.50. The molecule has 1 N–H and O–H groups in total. The Labute approximate surface area is 485 Å². The van der Waals surface area contributed by atoms with E-state index in [-0.39, 0.29) is 25.6 Å². The van der Waals surface area contributed by atoms with E-state index in [2.05, 4.69) is 38.2 Å². The van der Waals surface area contributed by atoms with Crippen molar-refractivity contribution >= 4 is 19.8 Å². The van der Waals surface area contributed by atoms with Crippen LogP contribution in [-0.4, -0.2) is 74.9 Å². The van der Waals surface area contributed by atoms with E-state index < -0.39 is 26.5 Å². The normalized spacial score (nSPS) is 13.3. The average Bonchev–Trinajstić information content (AvgIpc) is 3.41. The molecule has 0 heterocycles. The number of likely N-dealkylation sites (N-methyl/N-ethyl adjacent to an activating group) is 1. The number of quaternary nitrogens is 1. The van der Waals surface area contributed by atoms with Gasteiger partial charge in [0, 0.05) is 12.8 Å². The van der Waals surface area contributed by atoms with Crippen molar-refractivity contribution in [3.8, 4) is 0 Å². The smallest absolute Gasteiger partial charge is 0.462 e. The lowest BCUT2D eigenvalue weighted by molar-refractivity contribution is -0.870. The molecule has 78 heavy (non-hydrogen) atoms. The van der Waals surface area contributed by atoms with E-state index in [1.165, 1.54) is 283 Å². The SMILES string of the molecule is CCCCCCCCCC/C=C\CCCCCCCCCCCCCCCCCC(=O)OCC(COP(=O)(O)OCC[N+](C)(C)C)OC(=O)CCCCCCCCCCCCCCCCC/C=C\CCCCCCCCCC. The van der Waals surface area contributed by atoms with Crippen LogP contribution in [0.5, 0.6) is 0 Å². The Morgan fingerprint density at radius 3 is 0.949 bits per heavy atom. The lowest BCUT2D eigenvalue weighted by Crippen LogP contribution is -2.37. The molecule has 0 aliphatic heterocycles. The van der Waals surface area contributed by atoms with Gasteiger partial charge in [0.25, 0.3) is 0 Å². The van der Waals surface area contributed by atoms with Crippen molar-refractivity contribution in [1.29, 1.82) is 0 Å². The van der Waals surface area contributed by atoms with Gasteiger partial charge in [-0.1, -0.05) is 295 Å². The molecule has 0 aromatic heterocycles. The second-order valence-corrected chi connectivity index (χ2v) is 26.0. The van der Waals surface area contributed by atoms with Crippen LogP contribution < -0.4 is 0 Å². The van der Waals surface area contributed by atoms with Gasteiger partial charge in [-0.25, -0.2) is 4.57 Å². The lowest BCUT2D eigenvalue weighted by atomic mass is 10.0. The maximum absolute atomic E-state index is 12.9. The van der Waals surface area contributed by atoms with Crippen molar-refractivity contribution in [3.05, 3.63) is 24.3 Å². The first kappa shape index (κ1) is 76.5. The van der Waals surface area contributed by atoms with Crippen molar-refractivity contribution < 1.29 is 42.1 Å². The highest BCUT2D eigenvalue weighted by Crippen LogP contribution is 2.43. The van der Waals surface area contributed by atoms with Gasteiger partial charge in [0.2, 0.25) is 0 Å². The number of hydrogen-bond acceptors (Lipinski definition) is 7. The number of phosphoric ester groups is 1. The van der Waals surface area contributed by atoms with Gasteiger partial charge in [0.05, 0.1) is 27.7 Å². The molecule has 0 aromatic carbocycles. The van der Waals surface area contributed by atoms with Crippen LogP contribution in [-0.2, 0) is 32.7 Å². The zero-order valence-electron chi connectivity index (χ0n) is 52.7. The molecule has 0 radical (unpaired) electrons. The van der Waals surface area contributed by atoms with Gasteiger partial charge >= 0.3 is 19.8 Å². The van der Waals surface area contributed by atoms with Gasteiger partial charge in [0.15, 0.2) is 6.10 Å². The fraction of sp³-hybridized carbons (Fsp3) is 0.912. The summed E-state index contributed by atoms with van der Waals surface area (Å²) >= 11 is 0. The number of carbonyl (C=O) groups is 2. The number of hydrogen-bond donors (Lipinski definition) is 1. The largest absolute Gasteiger partial charge is 0.472 e. The first-order chi connectivity index (χ1) is 38.0. The maximum atomic E-state index is 12.9. The molecule has 0 amide bonds. The van der Waals surface area contributed by atoms with Crippen molar-refractivity contribution in [2.45, 2.75) is 354 Å². The Balaban J connectivity index is 4.02. The van der Waals surface area contributed by atoms with E-state index in [1.807, 2.05) is 21.1 Å². The molecule has 0 fully saturated rings. The van der Waals surface area contributed by atoms with E-state index in [4.69, 9.17) is 18.5 Å². The minimum absolute atomic E-state index is 0.0350. The Hall–Kier alpha value is -1.51. The van der Waals surface area contributed by atoms with Crippen LogP contribution in [0.1, 0.15) is 348 Å². The van der Waals surface area contributed by atoms with Crippen LogP contribution in [0, 0.1) is 0 Å². The number of nitrogens with zero attached hydrogens (tertiary/aromatic N) is 1. The number of unbranched alkanes of at least 4 members (excludes halogenated alkanes) is 46. The molecule has 0 rings (SSSR count). The predicted molar refractivity (Wildman–Crippen MR) is 335 cm³/mol. The molecule has 0 aromatic rings. The summed E-state index contributed by atoms with van der Waals surface area (Å²) in [6.07, 6.45) is 74.2. The van der Waals surface area contributed by atoms with Crippen LogP contribution in [0.25, 0.3) is 0 Å². The first-order valence-electron chi connectivity index (χ1n) is 34.1. The molecule has 9 nitrogen and oxygen atoms in total. The summed E-state index contributed by atoms with van der Waals surface area (Å²) in [5.74, 6) is -0.776. The van der Waals surface area contributed by atoms with Crippen LogP contribution in [0.2, 0.25) is 0 Å². The number of esters is 2. The molecule has 0 saturated carbocycles. The zero-order chi connectivity index (χ0) is 57.0. The molecular formula is C68H133NO8P+. The highest BCUT2D eigenvalue weighted by atomic mass is 31.2. The molecule has 462 valence electrons. The van der Waals surface area contributed by atoms with Gasteiger partial charge in [-0.05, 0) is 64.2 Å². The molecule has 2 unspecified atom stereocenters.